The number of carbonyl (C=O) groups excluding carboxylic acids is 1. The lowest BCUT2D eigenvalue weighted by molar-refractivity contribution is -0.120. The molecular weight excluding hydrogens is 206 g/mol. The maximum absolute atomic E-state index is 10.9. The SMILES string of the molecule is CC(=O)N[C@@H](C)[C@H]1COc2ccccc2O1. The summed E-state index contributed by atoms with van der Waals surface area (Å²) in [7, 11) is 0. The fourth-order valence-electron chi connectivity index (χ4n) is 1.70. The van der Waals surface area contributed by atoms with Gasteiger partial charge in [-0.3, -0.25) is 4.79 Å². The quantitative estimate of drug-likeness (QED) is 0.820. The summed E-state index contributed by atoms with van der Waals surface area (Å²) in [5.74, 6) is 1.43. The Hall–Kier alpha value is -1.71. The van der Waals surface area contributed by atoms with E-state index in [1.807, 2.05) is 31.2 Å². The zero-order chi connectivity index (χ0) is 11.5. The molecule has 1 aromatic carbocycles. The van der Waals surface area contributed by atoms with Crippen LogP contribution in [0.4, 0.5) is 0 Å². The first kappa shape index (κ1) is 10.8. The Balaban J connectivity index is 2.05. The van der Waals surface area contributed by atoms with E-state index in [1.54, 1.807) is 0 Å². The Labute approximate surface area is 94.6 Å². The Morgan fingerprint density at radius 2 is 2.12 bits per heavy atom. The van der Waals surface area contributed by atoms with E-state index >= 15 is 0 Å². The third-order valence-corrected chi connectivity index (χ3v) is 2.52. The van der Waals surface area contributed by atoms with Gasteiger partial charge in [0.25, 0.3) is 0 Å². The molecule has 4 heteroatoms. The molecule has 16 heavy (non-hydrogen) atoms. The first-order valence-electron chi connectivity index (χ1n) is 5.32. The van der Waals surface area contributed by atoms with Gasteiger partial charge in [-0.25, -0.2) is 0 Å². The first-order chi connectivity index (χ1) is 7.66. The zero-order valence-electron chi connectivity index (χ0n) is 9.40. The molecular formula is C12H15NO3. The molecule has 0 unspecified atom stereocenters. The van der Waals surface area contributed by atoms with Gasteiger partial charge in [0.05, 0.1) is 6.04 Å². The Bertz CT molecular complexity index is 392. The predicted octanol–water partition coefficient (Wildman–Crippen LogP) is 1.35. The minimum atomic E-state index is -0.140. The highest BCUT2D eigenvalue weighted by atomic mass is 16.6. The van der Waals surface area contributed by atoms with Crippen molar-refractivity contribution < 1.29 is 14.3 Å². The predicted molar refractivity (Wildman–Crippen MR) is 59.6 cm³/mol. The van der Waals surface area contributed by atoms with Crippen molar-refractivity contribution in [1.82, 2.24) is 5.32 Å². The molecule has 1 aromatic rings. The smallest absolute Gasteiger partial charge is 0.217 e. The topological polar surface area (TPSA) is 47.6 Å². The molecule has 1 amide bonds. The summed E-state index contributed by atoms with van der Waals surface area (Å²) < 4.78 is 11.3. The van der Waals surface area contributed by atoms with Crippen molar-refractivity contribution >= 4 is 5.91 Å². The summed E-state index contributed by atoms with van der Waals surface area (Å²) >= 11 is 0. The lowest BCUT2D eigenvalue weighted by Crippen LogP contribution is -2.47. The van der Waals surface area contributed by atoms with Crippen LogP contribution < -0.4 is 14.8 Å². The van der Waals surface area contributed by atoms with Crippen LogP contribution in [0.1, 0.15) is 13.8 Å². The van der Waals surface area contributed by atoms with E-state index in [9.17, 15) is 4.79 Å². The molecule has 4 nitrogen and oxygen atoms in total. The Morgan fingerprint density at radius 1 is 1.44 bits per heavy atom. The molecule has 0 saturated carbocycles. The number of benzene rings is 1. The molecule has 1 aliphatic rings. The van der Waals surface area contributed by atoms with Crippen LogP contribution in [0.5, 0.6) is 11.5 Å². The van der Waals surface area contributed by atoms with Crippen LogP contribution in [-0.4, -0.2) is 24.7 Å². The van der Waals surface area contributed by atoms with Crippen molar-refractivity contribution in [3.05, 3.63) is 24.3 Å². The molecule has 86 valence electrons. The molecule has 0 radical (unpaired) electrons. The van der Waals surface area contributed by atoms with E-state index in [0.29, 0.717) is 6.61 Å². The monoisotopic (exact) mass is 221 g/mol. The molecule has 1 N–H and O–H groups in total. The number of ether oxygens (including phenoxy) is 2. The fourth-order valence-corrected chi connectivity index (χ4v) is 1.70. The second-order valence-corrected chi connectivity index (χ2v) is 3.90. The summed E-state index contributed by atoms with van der Waals surface area (Å²) in [4.78, 5) is 10.9. The van der Waals surface area contributed by atoms with E-state index in [4.69, 9.17) is 9.47 Å². The minimum Gasteiger partial charge on any atom is -0.486 e. The van der Waals surface area contributed by atoms with Gasteiger partial charge >= 0.3 is 0 Å². The molecule has 1 heterocycles. The summed E-state index contributed by atoms with van der Waals surface area (Å²) in [6.45, 7) is 3.86. The number of para-hydroxylation sites is 2. The zero-order valence-corrected chi connectivity index (χ0v) is 9.40. The van der Waals surface area contributed by atoms with Gasteiger partial charge in [0, 0.05) is 6.92 Å². The Morgan fingerprint density at radius 3 is 2.81 bits per heavy atom. The molecule has 2 atom stereocenters. The third-order valence-electron chi connectivity index (χ3n) is 2.52. The summed E-state index contributed by atoms with van der Waals surface area (Å²) in [5, 5.41) is 2.80. The summed E-state index contributed by atoms with van der Waals surface area (Å²) in [6.07, 6.45) is -0.140. The van der Waals surface area contributed by atoms with Gasteiger partial charge < -0.3 is 14.8 Å². The molecule has 0 aliphatic carbocycles. The lowest BCUT2D eigenvalue weighted by atomic mass is 10.1. The fraction of sp³-hybridized carbons (Fsp3) is 0.417. The highest BCUT2D eigenvalue weighted by Gasteiger charge is 2.26. The van der Waals surface area contributed by atoms with Crippen molar-refractivity contribution in [3.8, 4) is 11.5 Å². The summed E-state index contributed by atoms with van der Waals surface area (Å²) in [6, 6.07) is 7.47. The second-order valence-electron chi connectivity index (χ2n) is 3.90. The molecule has 0 fully saturated rings. The number of rotatable bonds is 2. The molecule has 0 bridgehead atoms. The molecule has 1 aliphatic heterocycles. The van der Waals surface area contributed by atoms with Crippen LogP contribution in [0.2, 0.25) is 0 Å². The van der Waals surface area contributed by atoms with Gasteiger partial charge in [-0.2, -0.15) is 0 Å². The van der Waals surface area contributed by atoms with Crippen molar-refractivity contribution in [1.29, 1.82) is 0 Å². The lowest BCUT2D eigenvalue weighted by Gasteiger charge is -2.30. The van der Waals surface area contributed by atoms with Crippen LogP contribution in [0, 0.1) is 0 Å². The van der Waals surface area contributed by atoms with Crippen molar-refractivity contribution in [2.45, 2.75) is 26.0 Å². The van der Waals surface area contributed by atoms with Crippen molar-refractivity contribution in [2.24, 2.45) is 0 Å². The van der Waals surface area contributed by atoms with E-state index < -0.39 is 0 Å². The number of nitrogens with one attached hydrogen (secondary N) is 1. The third kappa shape index (κ3) is 2.27. The number of fused-ring (bicyclic) bond motifs is 1. The molecule has 0 aromatic heterocycles. The van der Waals surface area contributed by atoms with Crippen LogP contribution in [0.15, 0.2) is 24.3 Å². The second kappa shape index (κ2) is 4.43. The van der Waals surface area contributed by atoms with Crippen LogP contribution in [0.3, 0.4) is 0 Å². The van der Waals surface area contributed by atoms with E-state index in [2.05, 4.69) is 5.32 Å². The van der Waals surface area contributed by atoms with Gasteiger partial charge in [-0.05, 0) is 19.1 Å². The highest BCUT2D eigenvalue weighted by Crippen LogP contribution is 2.31. The van der Waals surface area contributed by atoms with Gasteiger partial charge in [0.2, 0.25) is 5.91 Å². The van der Waals surface area contributed by atoms with Crippen LogP contribution in [-0.2, 0) is 4.79 Å². The highest BCUT2D eigenvalue weighted by molar-refractivity contribution is 5.73. The largest absolute Gasteiger partial charge is 0.486 e. The van der Waals surface area contributed by atoms with Crippen LogP contribution in [0.25, 0.3) is 0 Å². The molecule has 0 spiro atoms. The van der Waals surface area contributed by atoms with Gasteiger partial charge in [0.1, 0.15) is 6.61 Å². The number of carbonyl (C=O) groups is 1. The average molecular weight is 221 g/mol. The molecule has 0 saturated heterocycles. The van der Waals surface area contributed by atoms with Crippen molar-refractivity contribution in [2.75, 3.05) is 6.61 Å². The van der Waals surface area contributed by atoms with Crippen molar-refractivity contribution in [3.63, 3.8) is 0 Å². The first-order valence-corrected chi connectivity index (χ1v) is 5.32. The van der Waals surface area contributed by atoms with Gasteiger partial charge in [0.15, 0.2) is 17.6 Å². The maximum Gasteiger partial charge on any atom is 0.217 e. The Kier molecular flexibility index (Phi) is 2.99. The average Bonchev–Trinajstić information content (AvgIpc) is 2.27. The van der Waals surface area contributed by atoms with Gasteiger partial charge in [-0.15, -0.1) is 0 Å². The number of hydrogen-bond acceptors (Lipinski definition) is 3. The maximum atomic E-state index is 10.9. The molecule has 2 rings (SSSR count). The summed E-state index contributed by atoms with van der Waals surface area (Å²) in [5.41, 5.74) is 0. The van der Waals surface area contributed by atoms with E-state index in [0.717, 1.165) is 11.5 Å². The number of amides is 1. The normalized spacial score (nSPS) is 20.0. The minimum absolute atomic E-state index is 0.0602. The number of hydrogen-bond donors (Lipinski definition) is 1. The van der Waals surface area contributed by atoms with Crippen LogP contribution >= 0.6 is 0 Å². The van der Waals surface area contributed by atoms with E-state index in [-0.39, 0.29) is 18.1 Å². The standard InChI is InChI=1S/C12H15NO3/c1-8(13-9(2)14)12-7-15-10-5-3-4-6-11(10)16-12/h3-6,8,12H,7H2,1-2H3,(H,13,14)/t8-,12+/m0/s1. The van der Waals surface area contributed by atoms with E-state index in [1.165, 1.54) is 6.92 Å². The van der Waals surface area contributed by atoms with Gasteiger partial charge in [-0.1, -0.05) is 12.1 Å².